The minimum Gasteiger partial charge on any atom is -0.0472 e. The van der Waals surface area contributed by atoms with Gasteiger partial charge in [0.2, 0.25) is 0 Å². The second-order valence-electron chi connectivity index (χ2n) is 11.6. The van der Waals surface area contributed by atoms with Crippen molar-refractivity contribution in [3.05, 3.63) is 100 Å². The van der Waals surface area contributed by atoms with Crippen molar-refractivity contribution in [1.29, 1.82) is 0 Å². The lowest BCUT2D eigenvalue weighted by Gasteiger charge is -2.42. The molecule has 0 radical (unpaired) electrons. The van der Waals surface area contributed by atoms with Crippen LogP contribution in [0.1, 0.15) is 107 Å². The molecule has 0 aromatic heterocycles. The highest BCUT2D eigenvalue weighted by Gasteiger charge is 2.41. The van der Waals surface area contributed by atoms with Gasteiger partial charge in [-0.3, -0.25) is 0 Å². The molecule has 0 saturated heterocycles. The average Bonchev–Trinajstić information content (AvgIpc) is 2.81. The highest BCUT2D eigenvalue weighted by molar-refractivity contribution is 5.68. The first-order valence-corrected chi connectivity index (χ1v) is 13.2. The van der Waals surface area contributed by atoms with Crippen LogP contribution in [0.3, 0.4) is 0 Å². The Morgan fingerprint density at radius 2 is 0.343 bits per heavy atom. The topological polar surface area (TPSA) is 0 Å². The lowest BCUT2D eigenvalue weighted by Crippen LogP contribution is -2.34. The summed E-state index contributed by atoms with van der Waals surface area (Å²) in [5.74, 6) is 0. The van der Waals surface area contributed by atoms with Crippen molar-refractivity contribution in [3.8, 4) is 0 Å². The molecule has 0 heteroatoms. The number of benzene rings is 3. The zero-order valence-electron chi connectivity index (χ0n) is 25.5. The van der Waals surface area contributed by atoms with Crippen LogP contribution in [0.5, 0.6) is 0 Å². The summed E-state index contributed by atoms with van der Waals surface area (Å²) >= 11 is 0. The summed E-state index contributed by atoms with van der Waals surface area (Å²) in [5, 5.41) is 0. The molecule has 3 aromatic rings. The van der Waals surface area contributed by atoms with Gasteiger partial charge in [0.15, 0.2) is 0 Å². The Bertz CT molecular complexity index is 1120. The normalized spacial score (nSPS) is 12.0. The summed E-state index contributed by atoms with van der Waals surface area (Å²) in [6.07, 6.45) is 0. The third-order valence-electron chi connectivity index (χ3n) is 10.5. The van der Waals surface area contributed by atoms with E-state index in [1.54, 1.807) is 0 Å². The first-order valence-electron chi connectivity index (χ1n) is 13.2. The molecule has 0 amide bonds. The second-order valence-corrected chi connectivity index (χ2v) is 11.6. The molecule has 35 heavy (non-hydrogen) atoms. The summed E-state index contributed by atoms with van der Waals surface area (Å²) in [4.78, 5) is 0. The molecule has 0 N–H and O–H groups in total. The zero-order valence-corrected chi connectivity index (χ0v) is 25.5. The van der Waals surface area contributed by atoms with Crippen LogP contribution in [0.2, 0.25) is 0 Å². The van der Waals surface area contributed by atoms with Crippen LogP contribution in [-0.2, 0) is 5.41 Å². The summed E-state index contributed by atoms with van der Waals surface area (Å²) < 4.78 is 0. The molecular weight excluding hydrogens is 420 g/mol. The molecule has 0 atom stereocenters. The van der Waals surface area contributed by atoms with E-state index in [1.807, 2.05) is 0 Å². The maximum absolute atomic E-state index is 2.53. The molecule has 0 saturated carbocycles. The van der Waals surface area contributed by atoms with Crippen LogP contribution in [0.4, 0.5) is 0 Å². The van der Waals surface area contributed by atoms with E-state index in [1.165, 1.54) is 100 Å². The third-order valence-corrected chi connectivity index (χ3v) is 10.5. The fraction of sp³-hybridized carbons (Fsp3) is 0.486. The molecule has 0 aliphatic rings. The van der Waals surface area contributed by atoms with Crippen molar-refractivity contribution in [1.82, 2.24) is 0 Å². The van der Waals surface area contributed by atoms with Gasteiger partial charge < -0.3 is 0 Å². The quantitative estimate of drug-likeness (QED) is 0.336. The van der Waals surface area contributed by atoms with Gasteiger partial charge in [0.25, 0.3) is 0 Å². The van der Waals surface area contributed by atoms with Gasteiger partial charge in [-0.25, -0.2) is 0 Å². The van der Waals surface area contributed by atoms with Crippen molar-refractivity contribution in [2.45, 2.75) is 116 Å². The van der Waals surface area contributed by atoms with Crippen LogP contribution in [0, 0.1) is 104 Å². The molecule has 3 rings (SSSR count). The van der Waals surface area contributed by atoms with Crippen LogP contribution < -0.4 is 0 Å². The van der Waals surface area contributed by atoms with Crippen molar-refractivity contribution in [3.63, 3.8) is 0 Å². The lowest BCUT2D eigenvalue weighted by molar-refractivity contribution is 0.652. The van der Waals surface area contributed by atoms with Gasteiger partial charge in [0.05, 0.1) is 0 Å². The van der Waals surface area contributed by atoms with Gasteiger partial charge in [-0.2, -0.15) is 0 Å². The van der Waals surface area contributed by atoms with Gasteiger partial charge in [-0.1, -0.05) is 0 Å². The van der Waals surface area contributed by atoms with E-state index >= 15 is 0 Å². The van der Waals surface area contributed by atoms with Crippen LogP contribution in [0.25, 0.3) is 0 Å². The Morgan fingerprint density at radius 1 is 0.229 bits per heavy atom. The molecular formula is C35H48. The van der Waals surface area contributed by atoms with Gasteiger partial charge in [0.1, 0.15) is 0 Å². The Labute approximate surface area is 216 Å². The number of rotatable bonds is 3. The maximum atomic E-state index is 2.53. The Balaban J connectivity index is 2.78. The summed E-state index contributed by atoms with van der Waals surface area (Å²) in [6, 6.07) is 0. The summed E-state index contributed by atoms with van der Waals surface area (Å²) in [7, 11) is 0. The smallest absolute Gasteiger partial charge is 0.0439 e. The minimum absolute atomic E-state index is 0.258. The molecule has 0 nitrogen and oxygen atoms in total. The zero-order chi connectivity index (χ0) is 26.9. The minimum atomic E-state index is -0.258. The van der Waals surface area contributed by atoms with Crippen molar-refractivity contribution < 1.29 is 0 Å². The molecule has 188 valence electrons. The van der Waals surface area contributed by atoms with E-state index in [-0.39, 0.29) is 5.41 Å². The van der Waals surface area contributed by atoms with E-state index in [9.17, 15) is 0 Å². The highest BCUT2D eigenvalue weighted by atomic mass is 14.4. The highest BCUT2D eigenvalue weighted by Crippen LogP contribution is 2.50. The largest absolute Gasteiger partial charge is 0.0472 e. The molecule has 0 heterocycles. The summed E-state index contributed by atoms with van der Waals surface area (Å²) in [6.45, 7) is 37.5. The first kappa shape index (κ1) is 27.3. The SMILES string of the molecule is Cc1c(C)c(C)c(C(C)(c2c(C)c(C)c(C)c(C)c2C)c2c(C)c(C)c(C)c(C)c2C)c(C)c1C. The Kier molecular flexibility index (Phi) is 6.97. The first-order chi connectivity index (χ1) is 16.0. The van der Waals surface area contributed by atoms with Crippen LogP contribution in [0.15, 0.2) is 0 Å². The predicted molar refractivity (Wildman–Crippen MR) is 156 cm³/mol. The van der Waals surface area contributed by atoms with Gasteiger partial charge >= 0.3 is 0 Å². The van der Waals surface area contributed by atoms with Gasteiger partial charge in [-0.15, -0.1) is 0 Å². The Morgan fingerprint density at radius 3 is 0.486 bits per heavy atom. The maximum Gasteiger partial charge on any atom is 0.0439 e. The van der Waals surface area contributed by atoms with E-state index < -0.39 is 0 Å². The average molecular weight is 469 g/mol. The molecule has 0 bridgehead atoms. The third kappa shape index (κ3) is 3.62. The molecule has 0 fully saturated rings. The van der Waals surface area contributed by atoms with E-state index in [2.05, 4.69) is 111 Å². The van der Waals surface area contributed by atoms with Crippen molar-refractivity contribution >= 4 is 0 Å². The summed E-state index contributed by atoms with van der Waals surface area (Å²) in [5.41, 5.74) is 25.8. The number of hydrogen-bond acceptors (Lipinski definition) is 0. The second kappa shape index (κ2) is 8.95. The van der Waals surface area contributed by atoms with E-state index in [4.69, 9.17) is 0 Å². The molecule has 0 unspecified atom stereocenters. The van der Waals surface area contributed by atoms with Crippen molar-refractivity contribution in [2.75, 3.05) is 0 Å². The van der Waals surface area contributed by atoms with Crippen LogP contribution >= 0.6 is 0 Å². The fourth-order valence-electron chi connectivity index (χ4n) is 7.12. The number of hydrogen-bond donors (Lipinski definition) is 0. The fourth-order valence-corrected chi connectivity index (χ4v) is 7.12. The molecule has 0 spiro atoms. The van der Waals surface area contributed by atoms with E-state index in [0.29, 0.717) is 0 Å². The molecule has 3 aromatic carbocycles. The standard InChI is InChI=1S/C35H48/c1-17-20(4)26(10)32(27(11)21(17)5)35(16,33-28(12)22(6)18(2)23(7)29(33)13)34-30(14)24(8)19(3)25(9)31(34)15/h1-16H3. The Hall–Kier alpha value is -2.34. The monoisotopic (exact) mass is 468 g/mol. The van der Waals surface area contributed by atoms with Gasteiger partial charge in [-0.05, 0) is 211 Å². The van der Waals surface area contributed by atoms with Gasteiger partial charge in [0, 0.05) is 5.41 Å². The molecule has 0 aliphatic heterocycles. The lowest BCUT2D eigenvalue weighted by atomic mass is 9.61. The predicted octanol–water partition coefficient (Wildman–Crippen LogP) is 9.67. The van der Waals surface area contributed by atoms with E-state index in [0.717, 1.165) is 0 Å². The van der Waals surface area contributed by atoms with Crippen molar-refractivity contribution in [2.24, 2.45) is 0 Å². The molecule has 0 aliphatic carbocycles. The van der Waals surface area contributed by atoms with Crippen LogP contribution in [-0.4, -0.2) is 0 Å².